The molecule has 1 heterocycles. The first-order valence-corrected chi connectivity index (χ1v) is 15.6. The zero-order chi connectivity index (χ0) is 32.9. The van der Waals surface area contributed by atoms with Crippen LogP contribution in [-0.2, 0) is 15.0 Å². The Morgan fingerprint density at radius 2 is 1.48 bits per heavy atom. The van der Waals surface area contributed by atoms with Crippen molar-refractivity contribution in [3.63, 3.8) is 0 Å². The summed E-state index contributed by atoms with van der Waals surface area (Å²) in [6.45, 7) is 2.25. The molecule has 1 saturated heterocycles. The topological polar surface area (TPSA) is 106 Å². The average Bonchev–Trinajstić information content (AvgIpc) is 3.33. The minimum absolute atomic E-state index is 0.0343. The number of benzene rings is 3. The Hall–Kier alpha value is -4.44. The molecular weight excluding hydrogens is 593 g/mol. The van der Waals surface area contributed by atoms with Gasteiger partial charge in [-0.05, 0) is 61.4 Å². The van der Waals surface area contributed by atoms with E-state index < -0.39 is 30.0 Å². The molecular formula is C36H39F3N4O3. The lowest BCUT2D eigenvalue weighted by Gasteiger charge is -2.33. The predicted molar refractivity (Wildman–Crippen MR) is 172 cm³/mol. The van der Waals surface area contributed by atoms with Crippen LogP contribution in [0.15, 0.2) is 90.2 Å². The third-order valence-electron chi connectivity index (χ3n) is 9.00. The molecule has 0 aromatic heterocycles. The van der Waals surface area contributed by atoms with Crippen molar-refractivity contribution in [2.45, 2.75) is 56.7 Å². The molecule has 0 atom stereocenters. The first-order valence-electron chi connectivity index (χ1n) is 15.6. The van der Waals surface area contributed by atoms with Gasteiger partial charge < -0.3 is 20.6 Å². The molecule has 0 unspecified atom stereocenters. The second-order valence-corrected chi connectivity index (χ2v) is 12.0. The highest BCUT2D eigenvalue weighted by atomic mass is 19.4. The lowest BCUT2D eigenvalue weighted by atomic mass is 9.73. The van der Waals surface area contributed by atoms with Gasteiger partial charge in [0.05, 0.1) is 5.71 Å². The number of likely N-dealkylation sites (tertiary alicyclic amines) is 1. The Labute approximate surface area is 267 Å². The zero-order valence-corrected chi connectivity index (χ0v) is 25.8. The van der Waals surface area contributed by atoms with Crippen molar-refractivity contribution in [3.05, 3.63) is 107 Å². The first-order chi connectivity index (χ1) is 22.0. The van der Waals surface area contributed by atoms with E-state index >= 15 is 0 Å². The van der Waals surface area contributed by atoms with Gasteiger partial charge in [-0.15, -0.1) is 0 Å². The minimum atomic E-state index is -4.52. The Balaban J connectivity index is 1.18. The largest absolute Gasteiger partial charge is 0.512 e. The van der Waals surface area contributed by atoms with Crippen LogP contribution >= 0.6 is 0 Å². The lowest BCUT2D eigenvalue weighted by molar-refractivity contribution is -0.141. The third-order valence-corrected chi connectivity index (χ3v) is 9.00. The molecule has 2 aliphatic rings. The summed E-state index contributed by atoms with van der Waals surface area (Å²) in [6.07, 6.45) is -1.36. The minimum Gasteiger partial charge on any atom is -0.512 e. The number of unbranched alkanes of at least 4 members (excludes halogenated alkanes) is 1. The summed E-state index contributed by atoms with van der Waals surface area (Å²) in [6, 6.07) is 23.6. The molecule has 0 saturated carbocycles. The van der Waals surface area contributed by atoms with Crippen LogP contribution in [0.3, 0.4) is 0 Å². The van der Waals surface area contributed by atoms with Gasteiger partial charge in [-0.2, -0.15) is 13.2 Å². The normalized spacial score (nSPS) is 16.6. The summed E-state index contributed by atoms with van der Waals surface area (Å²) >= 11 is 0. The van der Waals surface area contributed by atoms with Crippen molar-refractivity contribution in [1.29, 1.82) is 5.41 Å². The van der Waals surface area contributed by atoms with E-state index in [0.717, 1.165) is 48.3 Å². The van der Waals surface area contributed by atoms with Crippen LogP contribution in [0.5, 0.6) is 0 Å². The molecule has 0 radical (unpaired) electrons. The van der Waals surface area contributed by atoms with Crippen LogP contribution in [0.4, 0.5) is 13.2 Å². The molecule has 1 aliphatic carbocycles. The number of aliphatic hydroxyl groups excluding tert-OH is 1. The number of carbonyl (C=O) groups is 2. The summed E-state index contributed by atoms with van der Waals surface area (Å²) < 4.78 is 39.4. The van der Waals surface area contributed by atoms with Crippen molar-refractivity contribution in [2.75, 3.05) is 26.2 Å². The summed E-state index contributed by atoms with van der Waals surface area (Å²) in [7, 11) is 0. The van der Waals surface area contributed by atoms with E-state index in [2.05, 4.69) is 15.5 Å². The maximum absolute atomic E-state index is 13.7. The van der Waals surface area contributed by atoms with Crippen LogP contribution in [-0.4, -0.2) is 65.9 Å². The van der Waals surface area contributed by atoms with Gasteiger partial charge in [0.15, 0.2) is 0 Å². The molecule has 10 heteroatoms. The van der Waals surface area contributed by atoms with E-state index in [1.807, 2.05) is 54.6 Å². The monoisotopic (exact) mass is 632 g/mol. The Morgan fingerprint density at radius 1 is 0.913 bits per heavy atom. The predicted octanol–water partition coefficient (Wildman–Crippen LogP) is 6.28. The van der Waals surface area contributed by atoms with Gasteiger partial charge >= 0.3 is 6.18 Å². The molecule has 7 nitrogen and oxygen atoms in total. The van der Waals surface area contributed by atoms with Gasteiger partial charge in [0, 0.05) is 24.7 Å². The quantitative estimate of drug-likeness (QED) is 0.0864. The van der Waals surface area contributed by atoms with Gasteiger partial charge in [0.25, 0.3) is 5.91 Å². The van der Waals surface area contributed by atoms with E-state index in [4.69, 9.17) is 5.41 Å². The highest BCUT2D eigenvalue weighted by Gasteiger charge is 2.49. The first kappa shape index (κ1) is 32.9. The number of amides is 2. The molecule has 0 spiro atoms. The van der Waals surface area contributed by atoms with Crippen LogP contribution in [0, 0.1) is 5.41 Å². The number of piperidine rings is 1. The third kappa shape index (κ3) is 7.02. The highest BCUT2D eigenvalue weighted by Crippen LogP contribution is 2.51. The number of carbonyl (C=O) groups excluding carboxylic acids is 2. The van der Waals surface area contributed by atoms with E-state index in [-0.39, 0.29) is 23.1 Å². The molecule has 5 rings (SSSR count). The molecule has 2 amide bonds. The number of alkyl halides is 3. The number of nitrogens with zero attached hydrogens (tertiary/aromatic N) is 1. The number of hydrogen-bond acceptors (Lipinski definition) is 5. The van der Waals surface area contributed by atoms with Crippen LogP contribution in [0.1, 0.15) is 55.7 Å². The number of rotatable bonds is 11. The summed E-state index contributed by atoms with van der Waals surface area (Å²) in [5.74, 6) is -1.31. The van der Waals surface area contributed by atoms with Crippen molar-refractivity contribution in [1.82, 2.24) is 15.5 Å². The van der Waals surface area contributed by atoms with Crippen LogP contribution in [0.25, 0.3) is 11.1 Å². The molecule has 46 heavy (non-hydrogen) atoms. The highest BCUT2D eigenvalue weighted by molar-refractivity contribution is 6.27. The fourth-order valence-electron chi connectivity index (χ4n) is 6.78. The van der Waals surface area contributed by atoms with Gasteiger partial charge in [0.1, 0.15) is 23.3 Å². The van der Waals surface area contributed by atoms with Crippen LogP contribution in [0.2, 0.25) is 0 Å². The smallest absolute Gasteiger partial charge is 0.405 e. The van der Waals surface area contributed by atoms with E-state index in [0.29, 0.717) is 31.2 Å². The number of allylic oxidation sites excluding steroid dienone is 1. The zero-order valence-electron chi connectivity index (χ0n) is 25.8. The maximum Gasteiger partial charge on any atom is 0.405 e. The summed E-state index contributed by atoms with van der Waals surface area (Å²) in [5, 5.41) is 23.8. The molecule has 4 N–H and O–H groups in total. The molecule has 242 valence electrons. The van der Waals surface area contributed by atoms with Crippen molar-refractivity contribution in [3.8, 4) is 11.1 Å². The molecule has 1 fully saturated rings. The Bertz CT molecular complexity index is 1560. The summed E-state index contributed by atoms with van der Waals surface area (Å²) in [4.78, 5) is 29.0. The number of nitrogens with one attached hydrogen (secondary N) is 3. The molecule has 3 aromatic carbocycles. The maximum atomic E-state index is 13.7. The Morgan fingerprint density at radius 3 is 2.04 bits per heavy atom. The van der Waals surface area contributed by atoms with Crippen molar-refractivity contribution < 1.29 is 27.9 Å². The number of aliphatic hydroxyl groups is 1. The number of halogens is 3. The number of fused-ring (bicyclic) bond motifs is 3. The average molecular weight is 633 g/mol. The lowest BCUT2D eigenvalue weighted by Crippen LogP contribution is -2.47. The van der Waals surface area contributed by atoms with Crippen molar-refractivity contribution in [2.24, 2.45) is 0 Å². The second kappa shape index (κ2) is 13.9. The van der Waals surface area contributed by atoms with Gasteiger partial charge in [-0.1, -0.05) is 85.3 Å². The van der Waals surface area contributed by atoms with Crippen molar-refractivity contribution >= 4 is 17.5 Å². The van der Waals surface area contributed by atoms with E-state index in [1.165, 1.54) is 6.92 Å². The molecule has 1 aliphatic heterocycles. The summed E-state index contributed by atoms with van der Waals surface area (Å²) in [5.41, 5.74) is 2.47. The van der Waals surface area contributed by atoms with Gasteiger partial charge in [-0.25, -0.2) is 0 Å². The number of hydrogen-bond donors (Lipinski definition) is 4. The molecule has 3 aromatic rings. The fourth-order valence-corrected chi connectivity index (χ4v) is 6.78. The van der Waals surface area contributed by atoms with Gasteiger partial charge in [-0.3, -0.25) is 15.0 Å². The van der Waals surface area contributed by atoms with Crippen LogP contribution < -0.4 is 10.6 Å². The van der Waals surface area contributed by atoms with Gasteiger partial charge in [0.2, 0.25) is 5.91 Å². The van der Waals surface area contributed by atoms with E-state index in [1.54, 1.807) is 24.3 Å². The Kier molecular flexibility index (Phi) is 9.96. The SMILES string of the molecule is C/C(O)=C(/C(=N)c1ccccc1)C(=O)NC1CCN(CCCCC2(C(=O)NCC(F)(F)F)c3ccccc3-c3ccccc32)CC1. The second-order valence-electron chi connectivity index (χ2n) is 12.0. The standard InChI is InChI=1S/C36H39F3N4O3/c1-24(44)31(32(40)25-11-3-2-4-12-25)33(45)42-26-17-21-43(22-18-26)20-10-9-19-35(34(46)41-23-36(37,38)39)29-15-7-5-13-27(29)28-14-6-8-16-30(28)35/h2-8,11-16,26,40,44H,9-10,17-23H2,1H3,(H,41,46)(H,42,45)/b31-24+,40-32?. The fraction of sp³-hybridized carbons (Fsp3) is 0.361. The van der Waals surface area contributed by atoms with E-state index in [9.17, 15) is 27.9 Å². The molecule has 0 bridgehead atoms.